The highest BCUT2D eigenvalue weighted by atomic mass is 16.5. The Hall–Kier alpha value is -6.84. The van der Waals surface area contributed by atoms with Gasteiger partial charge in [0.1, 0.15) is 12.4 Å². The summed E-state index contributed by atoms with van der Waals surface area (Å²) in [7, 11) is 0. The number of aliphatic hydroxyl groups excluding tert-OH is 1. The predicted octanol–water partition coefficient (Wildman–Crippen LogP) is 0.120. The summed E-state index contributed by atoms with van der Waals surface area (Å²) < 4.78 is 10.9. The number of carbonyl (C=O) groups is 8. The van der Waals surface area contributed by atoms with E-state index in [1.54, 1.807) is 22.1 Å². The summed E-state index contributed by atoms with van der Waals surface area (Å²) in [5, 5.41) is 20.5. The van der Waals surface area contributed by atoms with Gasteiger partial charge in [-0.25, -0.2) is 4.99 Å². The van der Waals surface area contributed by atoms with Crippen LogP contribution in [0, 0.1) is 0 Å². The highest BCUT2D eigenvalue weighted by Gasteiger charge is 2.51. The fourth-order valence-corrected chi connectivity index (χ4v) is 7.94. The van der Waals surface area contributed by atoms with Gasteiger partial charge in [-0.2, -0.15) is 0 Å². The lowest BCUT2D eigenvalue weighted by Gasteiger charge is -2.29. The minimum Gasteiger partial charge on any atom is -0.395 e. The van der Waals surface area contributed by atoms with E-state index < -0.39 is 23.1 Å². The van der Waals surface area contributed by atoms with Crippen LogP contribution in [-0.4, -0.2) is 157 Å². The summed E-state index contributed by atoms with van der Waals surface area (Å²) >= 11 is 0. The second-order valence-corrected chi connectivity index (χ2v) is 16.8. The number of pyridine rings is 1. The first-order valence-corrected chi connectivity index (χ1v) is 22.9. The van der Waals surface area contributed by atoms with E-state index in [-0.39, 0.29) is 127 Å². The molecule has 1 aliphatic carbocycles. The maximum absolute atomic E-state index is 13.9. The Labute approximate surface area is 393 Å². The number of aliphatic hydroxyl groups is 1. The van der Waals surface area contributed by atoms with Gasteiger partial charge in [-0.15, -0.1) is 0 Å². The number of hydrogen-bond acceptors (Lipinski definition) is 14. The molecule has 0 atom stereocenters. The van der Waals surface area contributed by atoms with Gasteiger partial charge in [0.15, 0.2) is 0 Å². The van der Waals surface area contributed by atoms with Crippen molar-refractivity contribution in [1.29, 1.82) is 0 Å². The highest BCUT2D eigenvalue weighted by Crippen LogP contribution is 2.50. The minimum absolute atomic E-state index is 0.0443. The Morgan fingerprint density at radius 1 is 0.897 bits per heavy atom. The number of nitrogens with one attached hydrogen (secondary N) is 4. The molecule has 21 heteroatoms. The van der Waals surface area contributed by atoms with Crippen molar-refractivity contribution in [2.45, 2.75) is 70.3 Å². The lowest BCUT2D eigenvalue weighted by Crippen LogP contribution is -2.43. The molecule has 8 amide bonds. The molecular formula is C47H60N10O11. The second kappa shape index (κ2) is 24.3. The molecule has 21 nitrogen and oxygen atoms in total. The third-order valence-electron chi connectivity index (χ3n) is 11.8. The first-order valence-electron chi connectivity index (χ1n) is 22.9. The lowest BCUT2D eigenvalue weighted by atomic mass is 9.92. The molecule has 0 spiro atoms. The Kier molecular flexibility index (Phi) is 18.0. The first kappa shape index (κ1) is 50.6. The summed E-state index contributed by atoms with van der Waals surface area (Å²) in [5.74, 6) is -2.50. The van der Waals surface area contributed by atoms with Crippen LogP contribution in [0.2, 0.25) is 0 Å². The lowest BCUT2D eigenvalue weighted by molar-refractivity contribution is -0.141. The molecule has 68 heavy (non-hydrogen) atoms. The number of benzene rings is 1. The third-order valence-corrected chi connectivity index (χ3v) is 11.8. The van der Waals surface area contributed by atoms with Gasteiger partial charge in [0.25, 0.3) is 11.8 Å². The van der Waals surface area contributed by atoms with Gasteiger partial charge >= 0.3 is 0 Å². The van der Waals surface area contributed by atoms with Crippen LogP contribution in [0.3, 0.4) is 0 Å². The zero-order chi connectivity index (χ0) is 48.6. The van der Waals surface area contributed by atoms with Crippen LogP contribution >= 0.6 is 0 Å². The van der Waals surface area contributed by atoms with E-state index in [9.17, 15) is 43.5 Å². The van der Waals surface area contributed by atoms with E-state index in [1.807, 2.05) is 31.2 Å². The van der Waals surface area contributed by atoms with Crippen LogP contribution in [0.25, 0.3) is 6.08 Å². The SMILES string of the molecule is CCCN(CCO)C(=O)C1=Cc2ccc(C3(C(=O)Nc4cnc5c(c4)CN(C(=O)CNC(=O)CCOCCOCCNC(=O)CCCNC(=O)CN4C(=O)C=CC4=O)CC5)CC3)cc2N=C(N)C1. The number of amides is 8. The highest BCUT2D eigenvalue weighted by molar-refractivity contribution is 6.14. The Bertz CT molecular complexity index is 2320. The number of anilines is 1. The number of rotatable bonds is 25. The van der Waals surface area contributed by atoms with Gasteiger partial charge in [-0.3, -0.25) is 48.2 Å². The van der Waals surface area contributed by atoms with E-state index in [0.717, 1.165) is 40.3 Å². The molecule has 7 N–H and O–H groups in total. The number of imide groups is 1. The molecule has 0 bridgehead atoms. The molecule has 1 fully saturated rings. The van der Waals surface area contributed by atoms with E-state index in [2.05, 4.69) is 31.2 Å². The molecule has 6 rings (SSSR count). The molecule has 1 saturated carbocycles. The van der Waals surface area contributed by atoms with Gasteiger partial charge in [0.05, 0.1) is 62.6 Å². The van der Waals surface area contributed by atoms with Gasteiger partial charge in [-0.1, -0.05) is 19.1 Å². The van der Waals surface area contributed by atoms with Gasteiger partial charge in [-0.05, 0) is 55.0 Å². The monoisotopic (exact) mass is 940 g/mol. The topological polar surface area (TPSA) is 284 Å². The fourth-order valence-electron chi connectivity index (χ4n) is 7.94. The number of nitrogens with zero attached hydrogens (tertiary/aromatic N) is 5. The number of amidine groups is 1. The number of nitrogens with two attached hydrogens (primary N) is 1. The summed E-state index contributed by atoms with van der Waals surface area (Å²) in [6.07, 6.45) is 8.88. The standard InChI is InChI=1S/C47H60N10O11/c1-2-15-55(17-18-58)45(65)32-23-31-5-6-34(26-37(31)54-38(48)25-32)47(11-12-47)46(66)53-35-24-33-29-56(16-9-36(33)51-27-35)44(64)28-52-40(60)10-19-67-21-22-68-20-14-50-39(59)4-3-13-49-41(61)30-57-42(62)7-8-43(57)63/h5-8,23-24,26-27,58H,2-4,9-22,25,28-30H2,1H3,(H2,48,54)(H,49,61)(H,50,59)(H,52,60)(H,53,66). The quantitative estimate of drug-likeness (QED) is 0.0571. The molecule has 1 aromatic heterocycles. The second-order valence-electron chi connectivity index (χ2n) is 16.8. The molecule has 0 radical (unpaired) electrons. The fraction of sp³-hybridized carbons (Fsp3) is 0.489. The minimum atomic E-state index is -0.779. The van der Waals surface area contributed by atoms with E-state index >= 15 is 0 Å². The maximum atomic E-state index is 13.9. The smallest absolute Gasteiger partial charge is 0.254 e. The van der Waals surface area contributed by atoms with Crippen LogP contribution in [-0.2, 0) is 66.2 Å². The van der Waals surface area contributed by atoms with Crippen molar-refractivity contribution >= 4 is 70.5 Å². The van der Waals surface area contributed by atoms with Gasteiger partial charge in [0, 0.05) is 93.9 Å². The molecule has 0 unspecified atom stereocenters. The van der Waals surface area contributed by atoms with Crippen LogP contribution < -0.4 is 27.0 Å². The van der Waals surface area contributed by atoms with Crippen LogP contribution in [0.5, 0.6) is 0 Å². The van der Waals surface area contributed by atoms with Crippen LogP contribution in [0.15, 0.2) is 53.2 Å². The number of aromatic nitrogens is 1. The van der Waals surface area contributed by atoms with Crippen LogP contribution in [0.4, 0.5) is 11.4 Å². The average Bonchev–Trinajstić information content (AvgIpc) is 4.11. The number of carbonyl (C=O) groups excluding carboxylic acids is 8. The molecule has 4 heterocycles. The van der Waals surface area contributed by atoms with Crippen molar-refractivity contribution in [1.82, 2.24) is 35.6 Å². The van der Waals surface area contributed by atoms with Gasteiger partial charge in [0.2, 0.25) is 35.4 Å². The zero-order valence-corrected chi connectivity index (χ0v) is 38.3. The van der Waals surface area contributed by atoms with Gasteiger partial charge < -0.3 is 51.4 Å². The summed E-state index contributed by atoms with van der Waals surface area (Å²) in [5.41, 5.74) is 10.2. The zero-order valence-electron chi connectivity index (χ0n) is 38.3. The Morgan fingerprint density at radius 2 is 1.63 bits per heavy atom. The maximum Gasteiger partial charge on any atom is 0.254 e. The number of hydrogen-bond donors (Lipinski definition) is 6. The Morgan fingerprint density at radius 3 is 2.37 bits per heavy atom. The summed E-state index contributed by atoms with van der Waals surface area (Å²) in [6, 6.07) is 7.42. The molecule has 1 aromatic carbocycles. The third kappa shape index (κ3) is 13.9. The summed E-state index contributed by atoms with van der Waals surface area (Å²) in [4.78, 5) is 113. The number of aliphatic imine (C=N–C) groups is 1. The van der Waals surface area contributed by atoms with Crippen LogP contribution in [0.1, 0.15) is 74.3 Å². The molecule has 4 aliphatic rings. The van der Waals surface area contributed by atoms with E-state index in [0.29, 0.717) is 61.3 Å². The number of ether oxygens (including phenoxy) is 2. The predicted molar refractivity (Wildman–Crippen MR) is 248 cm³/mol. The largest absolute Gasteiger partial charge is 0.395 e. The molecule has 364 valence electrons. The van der Waals surface area contributed by atoms with E-state index in [1.165, 1.54) is 0 Å². The molecule has 2 aromatic rings. The normalized spacial score (nSPS) is 15.6. The molecule has 3 aliphatic heterocycles. The molecular weight excluding hydrogens is 881 g/mol. The first-order chi connectivity index (χ1) is 32.8. The summed E-state index contributed by atoms with van der Waals surface area (Å²) in [6.45, 7) is 4.02. The average molecular weight is 941 g/mol. The van der Waals surface area contributed by atoms with Crippen molar-refractivity contribution in [2.75, 3.05) is 84.2 Å². The van der Waals surface area contributed by atoms with Crippen molar-refractivity contribution in [3.8, 4) is 0 Å². The van der Waals surface area contributed by atoms with Crippen molar-refractivity contribution in [3.05, 3.63) is 70.6 Å². The van der Waals surface area contributed by atoms with Crippen molar-refractivity contribution in [3.63, 3.8) is 0 Å². The Balaban J connectivity index is 0.851. The van der Waals surface area contributed by atoms with E-state index in [4.69, 9.17) is 15.2 Å². The molecule has 0 saturated heterocycles. The van der Waals surface area contributed by atoms with Crippen molar-refractivity contribution < 1.29 is 52.9 Å². The van der Waals surface area contributed by atoms with Crippen molar-refractivity contribution in [2.24, 2.45) is 10.7 Å². The number of fused-ring (bicyclic) bond motifs is 2.